The summed E-state index contributed by atoms with van der Waals surface area (Å²) in [6.45, 7) is 0.132. The van der Waals surface area contributed by atoms with Crippen LogP contribution in [-0.2, 0) is 6.54 Å². The van der Waals surface area contributed by atoms with Crippen LogP contribution in [0.4, 0.5) is 5.95 Å². The number of Topliss-reactive ketones (excluding diaryl/α,β-unsaturated/α-hetero) is 1. The first-order chi connectivity index (χ1) is 7.27. The van der Waals surface area contributed by atoms with Gasteiger partial charge in [0.25, 0.3) is 0 Å². The SMILES string of the molecule is Nc1nccc[n+]1CC(=O)c1ccco1. The molecule has 2 aromatic rings. The van der Waals surface area contributed by atoms with Crippen LogP contribution in [0.2, 0.25) is 0 Å². The number of nitrogen functional groups attached to an aromatic ring is 1. The molecule has 2 heterocycles. The van der Waals surface area contributed by atoms with E-state index in [0.717, 1.165) is 0 Å². The van der Waals surface area contributed by atoms with Gasteiger partial charge < -0.3 is 4.42 Å². The Hall–Kier alpha value is -2.17. The molecule has 0 aliphatic rings. The summed E-state index contributed by atoms with van der Waals surface area (Å²) in [7, 11) is 0. The molecule has 0 aliphatic heterocycles. The van der Waals surface area contributed by atoms with E-state index in [4.69, 9.17) is 10.2 Å². The summed E-state index contributed by atoms with van der Waals surface area (Å²) in [6, 6.07) is 5.01. The van der Waals surface area contributed by atoms with E-state index in [9.17, 15) is 4.79 Å². The lowest BCUT2D eigenvalue weighted by Crippen LogP contribution is -2.41. The summed E-state index contributed by atoms with van der Waals surface area (Å²) in [6.07, 6.45) is 4.73. The number of anilines is 1. The number of aromatic nitrogens is 2. The predicted molar refractivity (Wildman–Crippen MR) is 51.9 cm³/mol. The second kappa shape index (κ2) is 3.91. The largest absolute Gasteiger partial charge is 0.461 e. The van der Waals surface area contributed by atoms with Crippen molar-refractivity contribution in [3.8, 4) is 0 Å². The molecule has 0 fully saturated rings. The van der Waals surface area contributed by atoms with Gasteiger partial charge in [-0.3, -0.25) is 10.5 Å². The fourth-order valence-electron chi connectivity index (χ4n) is 1.22. The van der Waals surface area contributed by atoms with E-state index in [0.29, 0.717) is 11.7 Å². The molecule has 0 saturated heterocycles. The normalized spacial score (nSPS) is 10.1. The van der Waals surface area contributed by atoms with Gasteiger partial charge in [-0.15, -0.1) is 0 Å². The van der Waals surface area contributed by atoms with Gasteiger partial charge in [-0.05, 0) is 12.1 Å². The maximum atomic E-state index is 11.6. The molecule has 0 spiro atoms. The molecule has 0 amide bonds. The van der Waals surface area contributed by atoms with E-state index >= 15 is 0 Å². The lowest BCUT2D eigenvalue weighted by molar-refractivity contribution is -0.671. The molecule has 0 atom stereocenters. The fraction of sp³-hybridized carbons (Fsp3) is 0.100. The third-order valence-corrected chi connectivity index (χ3v) is 1.96. The first kappa shape index (κ1) is 9.39. The first-order valence-corrected chi connectivity index (χ1v) is 4.44. The van der Waals surface area contributed by atoms with Crippen molar-refractivity contribution in [2.45, 2.75) is 6.54 Å². The standard InChI is InChI=1S/C10H9N3O2/c11-10-12-4-2-5-13(10)7-8(14)9-3-1-6-15-9/h1-6,11H,7H2/p+1. The number of carbonyl (C=O) groups is 1. The molecule has 2 aromatic heterocycles. The minimum atomic E-state index is -0.135. The zero-order chi connectivity index (χ0) is 10.7. The van der Waals surface area contributed by atoms with E-state index < -0.39 is 0 Å². The molecule has 76 valence electrons. The van der Waals surface area contributed by atoms with Gasteiger partial charge in [0, 0.05) is 6.07 Å². The van der Waals surface area contributed by atoms with Crippen molar-refractivity contribution >= 4 is 11.7 Å². The Morgan fingerprint density at radius 1 is 1.53 bits per heavy atom. The summed E-state index contributed by atoms with van der Waals surface area (Å²) in [5, 5.41) is 0. The number of carbonyl (C=O) groups excluding carboxylic acids is 1. The van der Waals surface area contributed by atoms with Gasteiger partial charge in [0.05, 0.1) is 12.5 Å². The lowest BCUT2D eigenvalue weighted by Gasteiger charge is -1.99. The van der Waals surface area contributed by atoms with Gasteiger partial charge in [0.2, 0.25) is 5.78 Å². The summed E-state index contributed by atoms with van der Waals surface area (Å²) in [4.78, 5) is 15.5. The molecule has 5 nitrogen and oxygen atoms in total. The number of ketones is 1. The number of nitrogens with two attached hydrogens (primary N) is 1. The molecule has 0 unspecified atom stereocenters. The number of hydrogen-bond donors (Lipinski definition) is 1. The lowest BCUT2D eigenvalue weighted by atomic mass is 10.3. The van der Waals surface area contributed by atoms with Crippen LogP contribution in [0, 0.1) is 0 Å². The average Bonchev–Trinajstić information content (AvgIpc) is 2.74. The molecule has 2 rings (SSSR count). The van der Waals surface area contributed by atoms with E-state index in [1.165, 1.54) is 6.26 Å². The Balaban J connectivity index is 2.17. The second-order valence-electron chi connectivity index (χ2n) is 3.01. The van der Waals surface area contributed by atoms with Crippen LogP contribution >= 0.6 is 0 Å². The van der Waals surface area contributed by atoms with Gasteiger partial charge in [-0.1, -0.05) is 4.98 Å². The maximum Gasteiger partial charge on any atom is 0.389 e. The summed E-state index contributed by atoms with van der Waals surface area (Å²) >= 11 is 0. The molecule has 0 radical (unpaired) electrons. The van der Waals surface area contributed by atoms with Crippen molar-refractivity contribution in [1.82, 2.24) is 4.98 Å². The number of furan rings is 1. The fourth-order valence-corrected chi connectivity index (χ4v) is 1.22. The van der Waals surface area contributed by atoms with Crippen molar-refractivity contribution in [2.24, 2.45) is 0 Å². The highest BCUT2D eigenvalue weighted by Crippen LogP contribution is 2.01. The van der Waals surface area contributed by atoms with E-state index in [-0.39, 0.29) is 12.3 Å². The monoisotopic (exact) mass is 204 g/mol. The topological polar surface area (TPSA) is 73.0 Å². The van der Waals surface area contributed by atoms with Crippen LogP contribution < -0.4 is 10.3 Å². The Morgan fingerprint density at radius 3 is 3.07 bits per heavy atom. The number of nitrogens with zero attached hydrogens (tertiary/aromatic N) is 2. The summed E-state index contributed by atoms with van der Waals surface area (Å²) < 4.78 is 6.54. The van der Waals surface area contributed by atoms with E-state index in [2.05, 4.69) is 4.98 Å². The predicted octanol–water partition coefficient (Wildman–Crippen LogP) is 0.427. The first-order valence-electron chi connectivity index (χ1n) is 4.44. The molecule has 5 heteroatoms. The van der Waals surface area contributed by atoms with Crippen LogP contribution in [-0.4, -0.2) is 10.8 Å². The van der Waals surface area contributed by atoms with Crippen LogP contribution in [0.1, 0.15) is 10.6 Å². The maximum absolute atomic E-state index is 11.6. The molecule has 0 saturated carbocycles. The van der Waals surface area contributed by atoms with Gasteiger partial charge in [0.15, 0.2) is 5.76 Å². The molecule has 2 N–H and O–H groups in total. The van der Waals surface area contributed by atoms with Crippen molar-refractivity contribution in [2.75, 3.05) is 5.73 Å². The van der Waals surface area contributed by atoms with Crippen LogP contribution in [0.25, 0.3) is 0 Å². The van der Waals surface area contributed by atoms with Crippen molar-refractivity contribution < 1.29 is 13.8 Å². The molecular formula is C10H10N3O2+. The number of rotatable bonds is 3. The second-order valence-corrected chi connectivity index (χ2v) is 3.01. The number of hydrogen-bond acceptors (Lipinski definition) is 4. The van der Waals surface area contributed by atoms with Crippen molar-refractivity contribution in [3.05, 3.63) is 42.6 Å². The summed E-state index contributed by atoms with van der Waals surface area (Å²) in [5.41, 5.74) is 5.59. The summed E-state index contributed by atoms with van der Waals surface area (Å²) in [5.74, 6) is 0.493. The molecule has 0 bridgehead atoms. The minimum Gasteiger partial charge on any atom is -0.461 e. The van der Waals surface area contributed by atoms with Gasteiger partial charge in [-0.2, -0.15) is 0 Å². The van der Waals surface area contributed by atoms with Crippen molar-refractivity contribution in [3.63, 3.8) is 0 Å². The third-order valence-electron chi connectivity index (χ3n) is 1.96. The Bertz CT molecular complexity index is 465. The van der Waals surface area contributed by atoms with Crippen LogP contribution in [0.5, 0.6) is 0 Å². The quantitative estimate of drug-likeness (QED) is 0.581. The van der Waals surface area contributed by atoms with Crippen molar-refractivity contribution in [1.29, 1.82) is 0 Å². The molecule has 0 aromatic carbocycles. The molecule has 15 heavy (non-hydrogen) atoms. The Kier molecular flexibility index (Phi) is 2.45. The smallest absolute Gasteiger partial charge is 0.389 e. The Labute approximate surface area is 86.2 Å². The van der Waals surface area contributed by atoms with Gasteiger partial charge in [-0.25, -0.2) is 4.57 Å². The molecular weight excluding hydrogens is 194 g/mol. The molecule has 0 aliphatic carbocycles. The van der Waals surface area contributed by atoms with Crippen LogP contribution in [0.3, 0.4) is 0 Å². The highest BCUT2D eigenvalue weighted by molar-refractivity contribution is 5.92. The van der Waals surface area contributed by atoms with Crippen LogP contribution in [0.15, 0.2) is 41.3 Å². The zero-order valence-corrected chi connectivity index (χ0v) is 7.96. The van der Waals surface area contributed by atoms with E-state index in [1.807, 2.05) is 0 Å². The average molecular weight is 204 g/mol. The van der Waals surface area contributed by atoms with Gasteiger partial charge >= 0.3 is 5.95 Å². The highest BCUT2D eigenvalue weighted by atomic mass is 16.3. The minimum absolute atomic E-state index is 0.132. The Morgan fingerprint density at radius 2 is 2.40 bits per heavy atom. The van der Waals surface area contributed by atoms with E-state index in [1.54, 1.807) is 35.2 Å². The zero-order valence-electron chi connectivity index (χ0n) is 7.96. The van der Waals surface area contributed by atoms with Gasteiger partial charge in [0.1, 0.15) is 12.7 Å². The third kappa shape index (κ3) is 2.01. The highest BCUT2D eigenvalue weighted by Gasteiger charge is 2.13.